The maximum Gasteiger partial charge on any atom is 0.309 e. The molecule has 0 saturated heterocycles. The summed E-state index contributed by atoms with van der Waals surface area (Å²) in [5.41, 5.74) is 0. The molecule has 2 nitrogen and oxygen atoms in total. The molecule has 0 amide bonds. The highest BCUT2D eigenvalue weighted by molar-refractivity contribution is 6.51. The van der Waals surface area contributed by atoms with Gasteiger partial charge in [-0.25, -0.2) is 0 Å². The van der Waals surface area contributed by atoms with Crippen LogP contribution in [0.1, 0.15) is 19.3 Å². The zero-order valence-electron chi connectivity index (χ0n) is 9.17. The number of rotatable bonds is 4. The number of esters is 1. The Morgan fingerprint density at radius 1 is 1.24 bits per heavy atom. The molecule has 0 aliphatic heterocycles. The van der Waals surface area contributed by atoms with E-state index in [1.807, 2.05) is 0 Å². The van der Waals surface area contributed by atoms with E-state index in [0.29, 0.717) is 12.3 Å². The summed E-state index contributed by atoms with van der Waals surface area (Å²) < 4.78 is 4.62. The summed E-state index contributed by atoms with van der Waals surface area (Å²) in [5.74, 6) is 0.719. The van der Waals surface area contributed by atoms with Crippen LogP contribution in [0.25, 0.3) is 0 Å². The van der Waals surface area contributed by atoms with Crippen molar-refractivity contribution in [2.24, 2.45) is 17.8 Å². The lowest BCUT2D eigenvalue weighted by molar-refractivity contribution is -0.153. The Bertz CT molecular complexity index is 304. The second-order valence-corrected chi connectivity index (χ2v) is 6.83. The highest BCUT2D eigenvalue weighted by atomic mass is 35.5. The van der Waals surface area contributed by atoms with Crippen molar-refractivity contribution in [3.63, 3.8) is 0 Å². The Morgan fingerprint density at radius 3 is 2.41 bits per heavy atom. The molecule has 0 spiro atoms. The van der Waals surface area contributed by atoms with Gasteiger partial charge in [-0.05, 0) is 31.1 Å². The van der Waals surface area contributed by atoms with Crippen molar-refractivity contribution in [3.8, 4) is 0 Å². The quantitative estimate of drug-likeness (QED) is 0.584. The molecule has 2 fully saturated rings. The van der Waals surface area contributed by atoms with Crippen molar-refractivity contribution in [1.29, 1.82) is 0 Å². The highest BCUT2D eigenvalue weighted by Crippen LogP contribution is 2.66. The molecule has 0 radical (unpaired) electrons. The zero-order valence-corrected chi connectivity index (χ0v) is 12.2. The van der Waals surface area contributed by atoms with Gasteiger partial charge in [-0.2, -0.15) is 0 Å². The molecular weight excluding hydrogens is 306 g/mol. The SMILES string of the molecule is O=C(OC(CCl)CCl)[C@@H]1CC[C@H]2[C@H](C1)C2(Cl)Cl. The van der Waals surface area contributed by atoms with Crippen LogP contribution in [0.15, 0.2) is 0 Å². The second kappa shape index (κ2) is 5.32. The van der Waals surface area contributed by atoms with Crippen LogP contribution >= 0.6 is 46.4 Å². The number of hydrogen-bond donors (Lipinski definition) is 0. The third-order valence-corrected chi connectivity index (χ3v) is 5.50. The predicted octanol–water partition coefficient (Wildman–Crippen LogP) is 3.60. The largest absolute Gasteiger partial charge is 0.460 e. The Hall–Kier alpha value is 0.630. The number of carbonyl (C=O) groups excluding carboxylic acids is 1. The van der Waals surface area contributed by atoms with Gasteiger partial charge in [0.25, 0.3) is 0 Å². The van der Waals surface area contributed by atoms with Gasteiger partial charge in [0.1, 0.15) is 10.4 Å². The van der Waals surface area contributed by atoms with Crippen molar-refractivity contribution in [2.75, 3.05) is 11.8 Å². The van der Waals surface area contributed by atoms with Gasteiger partial charge in [0.2, 0.25) is 0 Å². The molecule has 0 N–H and O–H groups in total. The minimum Gasteiger partial charge on any atom is -0.460 e. The van der Waals surface area contributed by atoms with Crippen LogP contribution in [-0.4, -0.2) is 28.2 Å². The third-order valence-electron chi connectivity index (χ3n) is 3.69. The normalized spacial score (nSPS) is 34.3. The van der Waals surface area contributed by atoms with Gasteiger partial charge in [0.05, 0.1) is 17.7 Å². The van der Waals surface area contributed by atoms with Gasteiger partial charge in [0.15, 0.2) is 0 Å². The molecule has 0 aromatic rings. The molecule has 3 atom stereocenters. The van der Waals surface area contributed by atoms with Gasteiger partial charge >= 0.3 is 5.97 Å². The fourth-order valence-corrected chi connectivity index (χ4v) is 3.89. The van der Waals surface area contributed by atoms with Crippen LogP contribution in [0.4, 0.5) is 0 Å². The Kier molecular flexibility index (Phi) is 4.40. The minimum atomic E-state index is -0.618. The summed E-state index contributed by atoms with van der Waals surface area (Å²) in [4.78, 5) is 11.9. The van der Waals surface area contributed by atoms with Crippen molar-refractivity contribution in [3.05, 3.63) is 0 Å². The summed E-state index contributed by atoms with van der Waals surface area (Å²) in [6, 6.07) is 0. The number of alkyl halides is 4. The molecule has 98 valence electrons. The van der Waals surface area contributed by atoms with Gasteiger partial charge in [-0.15, -0.1) is 46.4 Å². The number of carbonyl (C=O) groups is 1. The van der Waals surface area contributed by atoms with Gasteiger partial charge in [-0.1, -0.05) is 0 Å². The third kappa shape index (κ3) is 2.80. The van der Waals surface area contributed by atoms with Crippen LogP contribution in [0.5, 0.6) is 0 Å². The Morgan fingerprint density at radius 2 is 1.88 bits per heavy atom. The van der Waals surface area contributed by atoms with Crippen LogP contribution in [0, 0.1) is 17.8 Å². The summed E-state index contributed by atoms with van der Waals surface area (Å²) in [6.45, 7) is 0. The fraction of sp³-hybridized carbons (Fsp3) is 0.909. The van der Waals surface area contributed by atoms with Crippen LogP contribution < -0.4 is 0 Å². The molecule has 0 heterocycles. The van der Waals surface area contributed by atoms with E-state index in [0.717, 1.165) is 12.8 Å². The molecule has 0 unspecified atom stereocenters. The van der Waals surface area contributed by atoms with Gasteiger partial charge in [0, 0.05) is 0 Å². The first kappa shape index (κ1) is 14.0. The fourth-order valence-electron chi connectivity index (χ4n) is 2.56. The van der Waals surface area contributed by atoms with E-state index in [4.69, 9.17) is 51.1 Å². The van der Waals surface area contributed by atoms with E-state index < -0.39 is 10.4 Å². The lowest BCUT2D eigenvalue weighted by Gasteiger charge is -2.21. The van der Waals surface area contributed by atoms with Crippen molar-refractivity contribution >= 4 is 52.4 Å². The summed E-state index contributed by atoms with van der Waals surface area (Å²) >= 11 is 23.5. The molecule has 2 rings (SSSR count). The second-order valence-electron chi connectivity index (χ2n) is 4.76. The molecule has 2 saturated carbocycles. The molecule has 2 aliphatic carbocycles. The van der Waals surface area contributed by atoms with E-state index in [1.54, 1.807) is 0 Å². The van der Waals surface area contributed by atoms with E-state index >= 15 is 0 Å². The lowest BCUT2D eigenvalue weighted by atomic mass is 9.89. The molecule has 0 aromatic carbocycles. The Labute approximate surface area is 121 Å². The average Bonchev–Trinajstić information content (AvgIpc) is 2.88. The van der Waals surface area contributed by atoms with Crippen LogP contribution in [0.2, 0.25) is 0 Å². The van der Waals surface area contributed by atoms with E-state index in [1.165, 1.54) is 0 Å². The zero-order chi connectivity index (χ0) is 12.6. The van der Waals surface area contributed by atoms with Gasteiger partial charge < -0.3 is 4.74 Å². The highest BCUT2D eigenvalue weighted by Gasteiger charge is 2.65. The van der Waals surface area contributed by atoms with E-state index in [2.05, 4.69) is 0 Å². The smallest absolute Gasteiger partial charge is 0.309 e. The van der Waals surface area contributed by atoms with Crippen molar-refractivity contribution < 1.29 is 9.53 Å². The van der Waals surface area contributed by atoms with Gasteiger partial charge in [-0.3, -0.25) is 4.79 Å². The van der Waals surface area contributed by atoms with Crippen LogP contribution in [-0.2, 0) is 9.53 Å². The molecule has 0 aromatic heterocycles. The van der Waals surface area contributed by atoms with Crippen LogP contribution in [0.3, 0.4) is 0 Å². The van der Waals surface area contributed by atoms with E-state index in [9.17, 15) is 4.79 Å². The molecule has 2 aliphatic rings. The maximum atomic E-state index is 11.9. The summed E-state index contributed by atoms with van der Waals surface area (Å²) in [7, 11) is 0. The first-order valence-electron chi connectivity index (χ1n) is 5.71. The molecular formula is C11H14Cl4O2. The maximum absolute atomic E-state index is 11.9. The number of fused-ring (bicyclic) bond motifs is 1. The lowest BCUT2D eigenvalue weighted by Crippen LogP contribution is -2.28. The molecule has 6 heteroatoms. The molecule has 17 heavy (non-hydrogen) atoms. The Balaban J connectivity index is 1.85. The standard InChI is InChI=1S/C11H14Cl4O2/c12-4-7(5-13)17-10(16)6-1-2-8-9(3-6)11(8,14)15/h6-9H,1-5H2/t6-,8+,9+/m1/s1. The van der Waals surface area contributed by atoms with E-state index in [-0.39, 0.29) is 29.6 Å². The van der Waals surface area contributed by atoms with Crippen molar-refractivity contribution in [1.82, 2.24) is 0 Å². The number of hydrogen-bond acceptors (Lipinski definition) is 2. The average molecular weight is 320 g/mol. The topological polar surface area (TPSA) is 26.3 Å². The van der Waals surface area contributed by atoms with Crippen molar-refractivity contribution in [2.45, 2.75) is 29.7 Å². The summed E-state index contributed by atoms with van der Waals surface area (Å²) in [6.07, 6.45) is 2.00. The molecule has 0 bridgehead atoms. The number of halogens is 4. The number of ether oxygens (including phenoxy) is 1. The minimum absolute atomic E-state index is 0.107. The first-order chi connectivity index (χ1) is 8.00. The predicted molar refractivity (Wildman–Crippen MR) is 70.1 cm³/mol. The summed E-state index contributed by atoms with van der Waals surface area (Å²) in [5, 5.41) is 0. The first-order valence-corrected chi connectivity index (χ1v) is 7.53. The monoisotopic (exact) mass is 318 g/mol.